The van der Waals surface area contributed by atoms with Gasteiger partial charge in [-0.1, -0.05) is 45.0 Å². The monoisotopic (exact) mass is 309 g/mol. The van der Waals surface area contributed by atoms with Gasteiger partial charge in [0.25, 0.3) is 0 Å². The number of benzene rings is 1. The van der Waals surface area contributed by atoms with Crippen LogP contribution in [0.5, 0.6) is 0 Å². The fourth-order valence-electron chi connectivity index (χ4n) is 2.11. The number of hydrogen-bond donors (Lipinski definition) is 0. The maximum atomic E-state index is 12.2. The molecular formula is C17H27NO2S. The molecule has 0 aliphatic heterocycles. The first-order chi connectivity index (χ1) is 9.97. The molecule has 1 aromatic rings. The van der Waals surface area contributed by atoms with Gasteiger partial charge in [0.05, 0.1) is 0 Å². The standard InChI is InChI=1S/C17H27NO2S/c1-5-18(17(19)11-12-21(20)6-2)13-15-7-9-16(10-8-15)14(3)4/h7-10,14H,5-6,11-13H2,1-4H3/t21-/m1/s1. The van der Waals surface area contributed by atoms with E-state index in [-0.39, 0.29) is 5.91 Å². The Morgan fingerprint density at radius 3 is 2.29 bits per heavy atom. The third kappa shape index (κ3) is 6.00. The molecule has 1 aromatic carbocycles. The predicted molar refractivity (Wildman–Crippen MR) is 89.8 cm³/mol. The molecule has 0 unspecified atom stereocenters. The average Bonchev–Trinajstić information content (AvgIpc) is 2.50. The Hall–Kier alpha value is -1.16. The normalized spacial score (nSPS) is 12.4. The summed E-state index contributed by atoms with van der Waals surface area (Å²) in [5.74, 6) is 1.70. The van der Waals surface area contributed by atoms with Gasteiger partial charge in [-0.2, -0.15) is 0 Å². The Bertz CT molecular complexity index is 468. The van der Waals surface area contributed by atoms with Gasteiger partial charge in [-0.3, -0.25) is 9.00 Å². The summed E-state index contributed by atoms with van der Waals surface area (Å²) in [5, 5.41) is 0. The van der Waals surface area contributed by atoms with E-state index in [1.807, 2.05) is 18.7 Å². The van der Waals surface area contributed by atoms with Crippen molar-refractivity contribution in [1.82, 2.24) is 4.90 Å². The summed E-state index contributed by atoms with van der Waals surface area (Å²) in [5.41, 5.74) is 2.46. The van der Waals surface area contributed by atoms with Crippen molar-refractivity contribution in [1.29, 1.82) is 0 Å². The maximum Gasteiger partial charge on any atom is 0.223 e. The summed E-state index contributed by atoms with van der Waals surface area (Å²) < 4.78 is 11.4. The van der Waals surface area contributed by atoms with Gasteiger partial charge < -0.3 is 4.90 Å². The highest BCUT2D eigenvalue weighted by atomic mass is 32.2. The van der Waals surface area contributed by atoms with Crippen molar-refractivity contribution in [2.75, 3.05) is 18.1 Å². The SMILES string of the molecule is CCN(Cc1ccc(C(C)C)cc1)C(=O)CC[S@](=O)CC. The predicted octanol–water partition coefficient (Wildman–Crippen LogP) is 3.32. The van der Waals surface area contributed by atoms with E-state index >= 15 is 0 Å². The zero-order chi connectivity index (χ0) is 15.8. The number of carbonyl (C=O) groups is 1. The lowest BCUT2D eigenvalue weighted by Crippen LogP contribution is -2.31. The Morgan fingerprint density at radius 1 is 1.19 bits per heavy atom. The van der Waals surface area contributed by atoms with Crippen LogP contribution in [0.15, 0.2) is 24.3 Å². The second-order valence-electron chi connectivity index (χ2n) is 5.49. The Balaban J connectivity index is 2.60. The van der Waals surface area contributed by atoms with Crippen molar-refractivity contribution in [3.63, 3.8) is 0 Å². The molecular weight excluding hydrogens is 282 g/mol. The van der Waals surface area contributed by atoms with Crippen molar-refractivity contribution in [2.45, 2.75) is 46.6 Å². The number of carbonyl (C=O) groups excluding carboxylic acids is 1. The van der Waals surface area contributed by atoms with Crippen molar-refractivity contribution in [3.05, 3.63) is 35.4 Å². The Kier molecular flexibility index (Phi) is 7.65. The molecule has 0 aliphatic rings. The van der Waals surface area contributed by atoms with Crippen molar-refractivity contribution >= 4 is 16.7 Å². The summed E-state index contributed by atoms with van der Waals surface area (Å²) in [6.45, 7) is 9.52. The summed E-state index contributed by atoms with van der Waals surface area (Å²) in [6.07, 6.45) is 0.373. The summed E-state index contributed by atoms with van der Waals surface area (Å²) in [4.78, 5) is 14.0. The van der Waals surface area contributed by atoms with Crippen molar-refractivity contribution < 1.29 is 9.00 Å². The number of nitrogens with zero attached hydrogens (tertiary/aromatic N) is 1. The molecule has 0 saturated carbocycles. The van der Waals surface area contributed by atoms with Crippen LogP contribution in [0.4, 0.5) is 0 Å². The average molecular weight is 309 g/mol. The molecule has 4 heteroatoms. The first kappa shape index (κ1) is 17.9. The lowest BCUT2D eigenvalue weighted by molar-refractivity contribution is -0.131. The Morgan fingerprint density at radius 2 is 1.81 bits per heavy atom. The van der Waals surface area contributed by atoms with E-state index in [1.54, 1.807) is 0 Å². The van der Waals surface area contributed by atoms with Gasteiger partial charge in [-0.25, -0.2) is 0 Å². The minimum absolute atomic E-state index is 0.0900. The van der Waals surface area contributed by atoms with Crippen molar-refractivity contribution in [3.8, 4) is 0 Å². The van der Waals surface area contributed by atoms with Gasteiger partial charge in [-0.15, -0.1) is 0 Å². The van der Waals surface area contributed by atoms with Crippen LogP contribution in [0, 0.1) is 0 Å². The second-order valence-corrected chi connectivity index (χ2v) is 7.35. The van der Waals surface area contributed by atoms with Gasteiger partial charge in [0.2, 0.25) is 5.91 Å². The van der Waals surface area contributed by atoms with Gasteiger partial charge >= 0.3 is 0 Å². The second kappa shape index (κ2) is 8.98. The minimum atomic E-state index is -0.868. The number of amides is 1. The van der Waals surface area contributed by atoms with E-state index in [0.717, 1.165) is 5.56 Å². The molecule has 118 valence electrons. The molecule has 0 N–H and O–H groups in total. The fourth-order valence-corrected chi connectivity index (χ4v) is 2.80. The lowest BCUT2D eigenvalue weighted by atomic mass is 10.0. The molecule has 1 amide bonds. The summed E-state index contributed by atoms with van der Waals surface area (Å²) >= 11 is 0. The van der Waals surface area contributed by atoms with E-state index in [4.69, 9.17) is 0 Å². The van der Waals surface area contributed by atoms with Crippen LogP contribution in [0.3, 0.4) is 0 Å². The van der Waals surface area contributed by atoms with Crippen LogP contribution in [0.2, 0.25) is 0 Å². The van der Waals surface area contributed by atoms with E-state index in [9.17, 15) is 9.00 Å². The van der Waals surface area contributed by atoms with Crippen LogP contribution in [-0.2, 0) is 22.1 Å². The third-order valence-corrected chi connectivity index (χ3v) is 4.92. The topological polar surface area (TPSA) is 37.4 Å². The van der Waals surface area contributed by atoms with E-state index in [1.165, 1.54) is 5.56 Å². The molecule has 0 saturated heterocycles. The number of hydrogen-bond acceptors (Lipinski definition) is 2. The van der Waals surface area contributed by atoms with Gasteiger partial charge in [0, 0.05) is 41.8 Å². The van der Waals surface area contributed by atoms with Crippen LogP contribution in [0.1, 0.15) is 51.2 Å². The zero-order valence-electron chi connectivity index (χ0n) is 13.6. The minimum Gasteiger partial charge on any atom is -0.339 e. The van der Waals surface area contributed by atoms with Crippen LogP contribution < -0.4 is 0 Å². The highest BCUT2D eigenvalue weighted by Crippen LogP contribution is 2.16. The molecule has 3 nitrogen and oxygen atoms in total. The van der Waals surface area contributed by atoms with Gasteiger partial charge in [0.15, 0.2) is 0 Å². The zero-order valence-corrected chi connectivity index (χ0v) is 14.4. The van der Waals surface area contributed by atoms with Gasteiger partial charge in [0.1, 0.15) is 0 Å². The van der Waals surface area contributed by atoms with E-state index in [2.05, 4.69) is 38.1 Å². The molecule has 21 heavy (non-hydrogen) atoms. The van der Waals surface area contributed by atoms with E-state index in [0.29, 0.717) is 36.9 Å². The molecule has 0 spiro atoms. The summed E-state index contributed by atoms with van der Waals surface area (Å²) in [6, 6.07) is 8.44. The lowest BCUT2D eigenvalue weighted by Gasteiger charge is -2.21. The third-order valence-electron chi connectivity index (χ3n) is 3.62. The van der Waals surface area contributed by atoms with Gasteiger partial charge in [-0.05, 0) is 24.0 Å². The van der Waals surface area contributed by atoms with Crippen LogP contribution in [0.25, 0.3) is 0 Å². The molecule has 0 aliphatic carbocycles. The van der Waals surface area contributed by atoms with Crippen LogP contribution >= 0.6 is 0 Å². The number of rotatable bonds is 8. The smallest absolute Gasteiger partial charge is 0.223 e. The van der Waals surface area contributed by atoms with Crippen LogP contribution in [-0.4, -0.2) is 33.1 Å². The summed E-state index contributed by atoms with van der Waals surface area (Å²) in [7, 11) is -0.868. The fraction of sp³-hybridized carbons (Fsp3) is 0.588. The molecule has 1 rings (SSSR count). The first-order valence-electron chi connectivity index (χ1n) is 7.69. The molecule has 0 bridgehead atoms. The Labute approximate surface area is 131 Å². The first-order valence-corrected chi connectivity index (χ1v) is 9.18. The van der Waals surface area contributed by atoms with E-state index < -0.39 is 10.8 Å². The molecule has 1 atom stereocenters. The maximum absolute atomic E-state index is 12.2. The molecule has 0 fully saturated rings. The quantitative estimate of drug-likeness (QED) is 0.739. The molecule has 0 aromatic heterocycles. The molecule has 0 radical (unpaired) electrons. The molecule has 0 heterocycles. The highest BCUT2D eigenvalue weighted by Gasteiger charge is 2.13. The highest BCUT2D eigenvalue weighted by molar-refractivity contribution is 7.84. The van der Waals surface area contributed by atoms with Crippen molar-refractivity contribution in [2.24, 2.45) is 0 Å². The largest absolute Gasteiger partial charge is 0.339 e.